The van der Waals surface area contributed by atoms with Crippen LogP contribution in [0, 0.1) is 0 Å². The normalized spacial score (nSPS) is 13.3. The molecule has 2 aromatic rings. The lowest BCUT2D eigenvalue weighted by Gasteiger charge is -2.16. The van der Waals surface area contributed by atoms with Crippen molar-refractivity contribution in [3.63, 3.8) is 0 Å². The average molecular weight is 497 g/mol. The summed E-state index contributed by atoms with van der Waals surface area (Å²) in [6.45, 7) is 2.31. The highest BCUT2D eigenvalue weighted by molar-refractivity contribution is 14.0. The van der Waals surface area contributed by atoms with Crippen LogP contribution in [0.5, 0.6) is 0 Å². The van der Waals surface area contributed by atoms with Crippen molar-refractivity contribution in [3.8, 4) is 0 Å². The van der Waals surface area contributed by atoms with Crippen LogP contribution in [0.4, 0.5) is 0 Å². The van der Waals surface area contributed by atoms with Crippen molar-refractivity contribution in [2.24, 2.45) is 4.99 Å². The van der Waals surface area contributed by atoms with Crippen molar-refractivity contribution in [2.45, 2.75) is 38.8 Å². The van der Waals surface area contributed by atoms with Gasteiger partial charge in [0.15, 0.2) is 11.8 Å². The molecule has 0 radical (unpaired) electrons. The Hall–Kier alpha value is -2.17. The summed E-state index contributed by atoms with van der Waals surface area (Å²) in [5.41, 5.74) is 1.78. The molecule has 0 saturated carbocycles. The Morgan fingerprint density at radius 3 is 2.89 bits per heavy atom. The van der Waals surface area contributed by atoms with Crippen LogP contribution in [0.15, 0.2) is 29.3 Å². The molecule has 1 amide bonds. The number of aryl methyl sites for hydroxylation is 1. The molecule has 8 nitrogen and oxygen atoms in total. The third-order valence-corrected chi connectivity index (χ3v) is 4.70. The summed E-state index contributed by atoms with van der Waals surface area (Å²) in [6.07, 6.45) is 4.18. The van der Waals surface area contributed by atoms with Crippen LogP contribution in [-0.2, 0) is 25.9 Å². The molecule has 1 aromatic heterocycles. The molecule has 3 N–H and O–H groups in total. The quantitative estimate of drug-likeness (QED) is 0.320. The first-order valence-corrected chi connectivity index (χ1v) is 9.37. The summed E-state index contributed by atoms with van der Waals surface area (Å²) in [7, 11) is 3.39. The minimum Gasteiger partial charge on any atom is -0.356 e. The maximum absolute atomic E-state index is 11.7. The smallest absolute Gasteiger partial charge is 0.251 e. The van der Waals surface area contributed by atoms with Crippen LogP contribution in [-0.4, -0.2) is 47.3 Å². The summed E-state index contributed by atoms with van der Waals surface area (Å²) in [4.78, 5) is 16.0. The number of hydrogen-bond donors (Lipinski definition) is 3. The topological polar surface area (TPSA) is 96.2 Å². The largest absolute Gasteiger partial charge is 0.356 e. The Morgan fingerprint density at radius 1 is 1.25 bits per heavy atom. The van der Waals surface area contributed by atoms with E-state index in [-0.39, 0.29) is 29.9 Å². The zero-order valence-corrected chi connectivity index (χ0v) is 18.7. The molecule has 0 unspecified atom stereocenters. The number of carbonyl (C=O) groups excluding carboxylic acids is 1. The maximum Gasteiger partial charge on any atom is 0.251 e. The van der Waals surface area contributed by atoms with Gasteiger partial charge in [-0.2, -0.15) is 0 Å². The fourth-order valence-corrected chi connectivity index (χ4v) is 3.22. The van der Waals surface area contributed by atoms with Gasteiger partial charge in [0.2, 0.25) is 0 Å². The number of carbonyl (C=O) groups is 1. The van der Waals surface area contributed by atoms with E-state index in [1.165, 1.54) is 12.8 Å². The Kier molecular flexibility index (Phi) is 8.68. The standard InChI is InChI=1S/C19H27N7O.HI/c1-20-18(27)15-7-5-6-14(12-15)9-10-22-19(21-2)23-13-17-25-24-16-8-3-4-11-26(16)17;/h5-7,12H,3-4,8-11,13H2,1-2H3,(H,20,27)(H2,21,22,23);1H. The van der Waals surface area contributed by atoms with Crippen LogP contribution in [0.2, 0.25) is 0 Å². The lowest BCUT2D eigenvalue weighted by Crippen LogP contribution is -2.38. The van der Waals surface area contributed by atoms with Crippen LogP contribution in [0.3, 0.4) is 0 Å². The number of rotatable bonds is 6. The third-order valence-electron chi connectivity index (χ3n) is 4.70. The van der Waals surface area contributed by atoms with Gasteiger partial charge in [-0.3, -0.25) is 9.79 Å². The van der Waals surface area contributed by atoms with Crippen LogP contribution in [0.1, 0.15) is 40.4 Å². The highest BCUT2D eigenvalue weighted by Crippen LogP contribution is 2.13. The van der Waals surface area contributed by atoms with E-state index in [1.54, 1.807) is 14.1 Å². The van der Waals surface area contributed by atoms with E-state index in [0.29, 0.717) is 12.1 Å². The first kappa shape index (κ1) is 22.1. The average Bonchev–Trinajstić information content (AvgIpc) is 3.13. The highest BCUT2D eigenvalue weighted by atomic mass is 127. The maximum atomic E-state index is 11.7. The SMILES string of the molecule is CN=C(NCCc1cccc(C(=O)NC)c1)NCc1nnc2n1CCCC2.I. The summed E-state index contributed by atoms with van der Waals surface area (Å²) in [5, 5.41) is 17.8. The predicted molar refractivity (Wildman–Crippen MR) is 120 cm³/mol. The molecule has 9 heteroatoms. The van der Waals surface area contributed by atoms with Gasteiger partial charge < -0.3 is 20.5 Å². The molecule has 0 fully saturated rings. The molecule has 1 aliphatic rings. The van der Waals surface area contributed by atoms with Gasteiger partial charge in [0.25, 0.3) is 5.91 Å². The van der Waals surface area contributed by atoms with E-state index in [0.717, 1.165) is 49.1 Å². The minimum atomic E-state index is -0.0704. The summed E-state index contributed by atoms with van der Waals surface area (Å²) >= 11 is 0. The lowest BCUT2D eigenvalue weighted by molar-refractivity contribution is 0.0963. The lowest BCUT2D eigenvalue weighted by atomic mass is 10.1. The zero-order valence-electron chi connectivity index (χ0n) is 16.4. The van der Waals surface area contributed by atoms with Crippen molar-refractivity contribution in [2.75, 3.05) is 20.6 Å². The van der Waals surface area contributed by atoms with E-state index in [2.05, 4.69) is 35.7 Å². The van der Waals surface area contributed by atoms with Gasteiger partial charge in [0.1, 0.15) is 5.82 Å². The van der Waals surface area contributed by atoms with Crippen molar-refractivity contribution in [3.05, 3.63) is 47.0 Å². The Labute approximate surface area is 182 Å². The zero-order chi connectivity index (χ0) is 19.1. The monoisotopic (exact) mass is 497 g/mol. The van der Waals surface area contributed by atoms with Crippen LogP contribution >= 0.6 is 24.0 Å². The number of guanidine groups is 1. The van der Waals surface area contributed by atoms with E-state index < -0.39 is 0 Å². The van der Waals surface area contributed by atoms with Crippen LogP contribution in [0.25, 0.3) is 0 Å². The van der Waals surface area contributed by atoms with E-state index >= 15 is 0 Å². The molecule has 0 spiro atoms. The third kappa shape index (κ3) is 5.66. The predicted octanol–water partition coefficient (Wildman–Crippen LogP) is 1.50. The summed E-state index contributed by atoms with van der Waals surface area (Å²) < 4.78 is 2.20. The molecule has 152 valence electrons. The first-order chi connectivity index (χ1) is 13.2. The number of aliphatic imine (C=N–C) groups is 1. The van der Waals surface area contributed by atoms with Gasteiger partial charge in [-0.25, -0.2) is 0 Å². The number of nitrogens with zero attached hydrogens (tertiary/aromatic N) is 4. The van der Waals surface area contributed by atoms with E-state index in [1.807, 2.05) is 24.3 Å². The molecule has 2 heterocycles. The van der Waals surface area contributed by atoms with Crippen LogP contribution < -0.4 is 16.0 Å². The van der Waals surface area contributed by atoms with Crippen molar-refractivity contribution < 1.29 is 4.79 Å². The van der Waals surface area contributed by atoms with Gasteiger partial charge in [-0.15, -0.1) is 34.2 Å². The van der Waals surface area contributed by atoms with Gasteiger partial charge in [0.05, 0.1) is 6.54 Å². The van der Waals surface area contributed by atoms with Crippen molar-refractivity contribution in [1.29, 1.82) is 0 Å². The molecule has 28 heavy (non-hydrogen) atoms. The number of halogens is 1. The fraction of sp³-hybridized carbons (Fsp3) is 0.474. The number of nitrogens with one attached hydrogen (secondary N) is 3. The first-order valence-electron chi connectivity index (χ1n) is 9.37. The van der Waals surface area contributed by atoms with E-state index in [9.17, 15) is 4.79 Å². The Bertz CT molecular complexity index is 818. The molecule has 3 rings (SSSR count). The molecule has 0 bridgehead atoms. The second kappa shape index (κ2) is 11.0. The second-order valence-electron chi connectivity index (χ2n) is 6.52. The highest BCUT2D eigenvalue weighted by Gasteiger charge is 2.15. The van der Waals surface area contributed by atoms with Crippen molar-refractivity contribution >= 4 is 35.8 Å². The molecular formula is C19H28IN7O. The van der Waals surface area contributed by atoms with Gasteiger partial charge >= 0.3 is 0 Å². The van der Waals surface area contributed by atoms with E-state index in [4.69, 9.17) is 0 Å². The summed E-state index contributed by atoms with van der Waals surface area (Å²) in [6, 6.07) is 7.66. The number of aromatic nitrogens is 3. The fourth-order valence-electron chi connectivity index (χ4n) is 3.22. The molecular weight excluding hydrogens is 469 g/mol. The Balaban J connectivity index is 0.00000280. The van der Waals surface area contributed by atoms with Gasteiger partial charge in [-0.05, 0) is 37.0 Å². The number of amides is 1. The minimum absolute atomic E-state index is 0. The summed E-state index contributed by atoms with van der Waals surface area (Å²) in [5.74, 6) is 2.69. The van der Waals surface area contributed by atoms with Crippen molar-refractivity contribution in [1.82, 2.24) is 30.7 Å². The number of hydrogen-bond acceptors (Lipinski definition) is 4. The molecule has 0 saturated heterocycles. The second-order valence-corrected chi connectivity index (χ2v) is 6.52. The molecule has 0 aliphatic carbocycles. The van der Waals surface area contributed by atoms with Gasteiger partial charge in [0, 0.05) is 39.2 Å². The Morgan fingerprint density at radius 2 is 2.11 bits per heavy atom. The van der Waals surface area contributed by atoms with Gasteiger partial charge in [-0.1, -0.05) is 12.1 Å². The molecule has 0 atom stereocenters. The molecule has 1 aromatic carbocycles. The number of fused-ring (bicyclic) bond motifs is 1. The molecule has 1 aliphatic heterocycles. The number of benzene rings is 1.